The molecular formula is C10H9ClFNS. The second-order valence-corrected chi connectivity index (χ2v) is 4.08. The lowest BCUT2D eigenvalue weighted by Gasteiger charge is -2.05. The van der Waals surface area contributed by atoms with Crippen molar-refractivity contribution in [3.63, 3.8) is 0 Å². The van der Waals surface area contributed by atoms with Gasteiger partial charge in [0, 0.05) is 0 Å². The van der Waals surface area contributed by atoms with Crippen LogP contribution >= 0.6 is 23.4 Å². The minimum Gasteiger partial charge on any atom is -0.206 e. The second-order valence-electron chi connectivity index (χ2n) is 2.69. The molecule has 1 aromatic carbocycles. The van der Waals surface area contributed by atoms with Crippen LogP contribution in [-0.2, 0) is 6.42 Å². The van der Waals surface area contributed by atoms with Gasteiger partial charge >= 0.3 is 0 Å². The van der Waals surface area contributed by atoms with Crippen LogP contribution in [0.15, 0.2) is 17.0 Å². The van der Waals surface area contributed by atoms with Crippen LogP contribution in [0.2, 0.25) is 5.02 Å². The highest BCUT2D eigenvalue weighted by Gasteiger charge is 2.09. The lowest BCUT2D eigenvalue weighted by molar-refractivity contribution is 0.600. The topological polar surface area (TPSA) is 23.8 Å². The normalized spacial score (nSPS) is 9.86. The Morgan fingerprint density at radius 3 is 2.79 bits per heavy atom. The molecule has 0 aromatic heterocycles. The molecule has 0 aliphatic carbocycles. The first-order chi connectivity index (χ1) is 6.69. The molecule has 0 saturated heterocycles. The first kappa shape index (κ1) is 11.4. The molecule has 0 N–H and O–H groups in total. The zero-order valence-corrected chi connectivity index (χ0v) is 9.25. The molecule has 0 radical (unpaired) electrons. The minimum atomic E-state index is -0.338. The molecule has 1 nitrogen and oxygen atoms in total. The van der Waals surface area contributed by atoms with Gasteiger partial charge in [-0.15, -0.1) is 11.8 Å². The van der Waals surface area contributed by atoms with E-state index in [9.17, 15) is 4.39 Å². The van der Waals surface area contributed by atoms with Gasteiger partial charge in [-0.3, -0.25) is 0 Å². The van der Waals surface area contributed by atoms with E-state index in [4.69, 9.17) is 16.9 Å². The Kier molecular flexibility index (Phi) is 4.24. The molecule has 0 aliphatic heterocycles. The molecule has 0 atom stereocenters. The second kappa shape index (κ2) is 5.23. The molecule has 4 heteroatoms. The van der Waals surface area contributed by atoms with Crippen molar-refractivity contribution in [2.45, 2.75) is 18.2 Å². The van der Waals surface area contributed by atoms with Crippen LogP contribution in [0.4, 0.5) is 4.39 Å². The summed E-state index contributed by atoms with van der Waals surface area (Å²) in [5.41, 5.74) is 0.869. The van der Waals surface area contributed by atoms with Crippen molar-refractivity contribution in [2.75, 3.05) is 5.75 Å². The lowest BCUT2D eigenvalue weighted by Crippen LogP contribution is -1.88. The van der Waals surface area contributed by atoms with Gasteiger partial charge in [0.25, 0.3) is 0 Å². The molecule has 0 amide bonds. The van der Waals surface area contributed by atoms with E-state index in [2.05, 4.69) is 0 Å². The van der Waals surface area contributed by atoms with E-state index in [1.807, 2.05) is 13.0 Å². The Morgan fingerprint density at radius 1 is 1.57 bits per heavy atom. The van der Waals surface area contributed by atoms with Crippen LogP contribution in [0.3, 0.4) is 0 Å². The van der Waals surface area contributed by atoms with E-state index >= 15 is 0 Å². The summed E-state index contributed by atoms with van der Waals surface area (Å²) < 4.78 is 13.4. The van der Waals surface area contributed by atoms with E-state index in [0.717, 1.165) is 23.7 Å². The summed E-state index contributed by atoms with van der Waals surface area (Å²) >= 11 is 7.00. The smallest absolute Gasteiger partial charge is 0.138 e. The number of thioether (sulfide) groups is 1. The Hall–Kier alpha value is -0.720. The molecule has 0 saturated carbocycles. The lowest BCUT2D eigenvalue weighted by atomic mass is 10.2. The van der Waals surface area contributed by atoms with Gasteiger partial charge in [0.05, 0.1) is 21.7 Å². The van der Waals surface area contributed by atoms with Crippen molar-refractivity contribution >= 4 is 23.4 Å². The van der Waals surface area contributed by atoms with Gasteiger partial charge in [0.2, 0.25) is 0 Å². The maximum atomic E-state index is 13.4. The fraction of sp³-hybridized carbons (Fsp3) is 0.300. The van der Waals surface area contributed by atoms with Crippen molar-refractivity contribution in [2.24, 2.45) is 0 Å². The maximum Gasteiger partial charge on any atom is 0.138 e. The highest BCUT2D eigenvalue weighted by Crippen LogP contribution is 2.30. The number of benzene rings is 1. The average Bonchev–Trinajstić information content (AvgIpc) is 2.16. The molecule has 74 valence electrons. The molecule has 0 unspecified atom stereocenters. The monoisotopic (exact) mass is 229 g/mol. The summed E-state index contributed by atoms with van der Waals surface area (Å²) in [6, 6.07) is 5.14. The predicted octanol–water partition coefficient (Wildman–Crippen LogP) is 3.66. The summed E-state index contributed by atoms with van der Waals surface area (Å²) in [4.78, 5) is 0.366. The van der Waals surface area contributed by atoms with Gasteiger partial charge < -0.3 is 0 Å². The quantitative estimate of drug-likeness (QED) is 0.739. The van der Waals surface area contributed by atoms with Gasteiger partial charge in [0.1, 0.15) is 5.82 Å². The number of halogens is 2. The fourth-order valence-electron chi connectivity index (χ4n) is 1.06. The fourth-order valence-corrected chi connectivity index (χ4v) is 2.06. The molecule has 1 rings (SSSR count). The van der Waals surface area contributed by atoms with E-state index in [1.165, 1.54) is 6.07 Å². The van der Waals surface area contributed by atoms with Crippen molar-refractivity contribution < 1.29 is 4.39 Å². The van der Waals surface area contributed by atoms with Crippen LogP contribution in [0.1, 0.15) is 12.5 Å². The summed E-state index contributed by atoms with van der Waals surface area (Å²) in [6.07, 6.45) is 0.750. The number of hydrogen-bond donors (Lipinski definition) is 0. The van der Waals surface area contributed by atoms with Gasteiger partial charge in [-0.05, 0) is 24.1 Å². The zero-order valence-electron chi connectivity index (χ0n) is 7.68. The average molecular weight is 230 g/mol. The first-order valence-corrected chi connectivity index (χ1v) is 5.53. The number of nitriles is 1. The van der Waals surface area contributed by atoms with Crippen molar-refractivity contribution in [1.29, 1.82) is 5.26 Å². The Bertz CT molecular complexity index is 350. The van der Waals surface area contributed by atoms with Crippen LogP contribution in [0.25, 0.3) is 0 Å². The summed E-state index contributed by atoms with van der Waals surface area (Å²) in [7, 11) is 0. The van der Waals surface area contributed by atoms with E-state index in [0.29, 0.717) is 9.92 Å². The molecule has 0 spiro atoms. The minimum absolute atomic E-state index is 0.210. The molecule has 0 heterocycles. The Labute approximate surface area is 91.9 Å². The Balaban J connectivity index is 3.00. The maximum absolute atomic E-state index is 13.4. The predicted molar refractivity (Wildman–Crippen MR) is 57.1 cm³/mol. The number of rotatable bonds is 3. The SMILES string of the molecule is CCc1cc(F)c(SCC#N)c(Cl)c1. The Morgan fingerprint density at radius 2 is 2.29 bits per heavy atom. The molecule has 1 aromatic rings. The third-order valence-electron chi connectivity index (χ3n) is 1.75. The van der Waals surface area contributed by atoms with Crippen LogP contribution < -0.4 is 0 Å². The largest absolute Gasteiger partial charge is 0.206 e. The molecular weight excluding hydrogens is 221 g/mol. The van der Waals surface area contributed by atoms with Crippen LogP contribution in [0, 0.1) is 17.1 Å². The van der Waals surface area contributed by atoms with E-state index < -0.39 is 0 Å². The van der Waals surface area contributed by atoms with Gasteiger partial charge in [-0.1, -0.05) is 18.5 Å². The molecule has 0 aliphatic rings. The molecule has 0 fully saturated rings. The van der Waals surface area contributed by atoms with Crippen molar-refractivity contribution in [3.8, 4) is 6.07 Å². The van der Waals surface area contributed by atoms with Gasteiger partial charge in [-0.25, -0.2) is 4.39 Å². The summed E-state index contributed by atoms with van der Waals surface area (Å²) in [5, 5.41) is 8.76. The summed E-state index contributed by atoms with van der Waals surface area (Å²) in [5.74, 6) is -0.128. The third-order valence-corrected chi connectivity index (χ3v) is 3.13. The first-order valence-electron chi connectivity index (χ1n) is 4.16. The van der Waals surface area contributed by atoms with Gasteiger partial charge in [0.15, 0.2) is 0 Å². The number of nitrogens with zero attached hydrogens (tertiary/aromatic N) is 1. The third kappa shape index (κ3) is 2.63. The number of hydrogen-bond acceptors (Lipinski definition) is 2. The van der Waals surface area contributed by atoms with Crippen LogP contribution in [-0.4, -0.2) is 5.75 Å². The zero-order chi connectivity index (χ0) is 10.6. The van der Waals surface area contributed by atoms with Crippen molar-refractivity contribution in [3.05, 3.63) is 28.5 Å². The van der Waals surface area contributed by atoms with E-state index in [1.54, 1.807) is 6.07 Å². The summed E-state index contributed by atoms with van der Waals surface area (Å²) in [6.45, 7) is 1.94. The highest BCUT2D eigenvalue weighted by atomic mass is 35.5. The molecule has 0 bridgehead atoms. The highest BCUT2D eigenvalue weighted by molar-refractivity contribution is 7.99. The van der Waals surface area contributed by atoms with Crippen molar-refractivity contribution in [1.82, 2.24) is 0 Å². The van der Waals surface area contributed by atoms with Gasteiger partial charge in [-0.2, -0.15) is 5.26 Å². The van der Waals surface area contributed by atoms with E-state index in [-0.39, 0.29) is 11.6 Å². The molecule has 14 heavy (non-hydrogen) atoms. The number of aryl methyl sites for hydroxylation is 1. The van der Waals surface area contributed by atoms with Crippen LogP contribution in [0.5, 0.6) is 0 Å². The standard InChI is InChI=1S/C10H9ClFNS/c1-2-7-5-8(11)10(9(12)6-7)14-4-3-13/h5-6H,2,4H2,1H3.